The fourth-order valence-corrected chi connectivity index (χ4v) is 5.45. The van der Waals surface area contributed by atoms with E-state index in [0.29, 0.717) is 25.7 Å². The molecule has 51 heavy (non-hydrogen) atoms. The first kappa shape index (κ1) is 48.7. The Balaban J connectivity index is 4.13. The van der Waals surface area contributed by atoms with Gasteiger partial charge in [-0.2, -0.15) is 0 Å². The van der Waals surface area contributed by atoms with Gasteiger partial charge in [-0.25, -0.2) is 4.57 Å². The molecule has 0 amide bonds. The molecule has 0 rings (SSSR count). The molecular formula is C41H71O9P. The highest BCUT2D eigenvalue weighted by Crippen LogP contribution is 2.36. The third kappa shape index (κ3) is 38.8. The number of hydrogen-bond acceptors (Lipinski definition) is 7. The zero-order valence-electron chi connectivity index (χ0n) is 31.8. The van der Waals surface area contributed by atoms with E-state index in [9.17, 15) is 19.3 Å². The van der Waals surface area contributed by atoms with Gasteiger partial charge in [-0.05, 0) is 70.6 Å². The number of phosphoric ester groups is 1. The second kappa shape index (κ2) is 36.1. The Hall–Kier alpha value is -2.29. The summed E-state index contributed by atoms with van der Waals surface area (Å²) >= 11 is 0. The lowest BCUT2D eigenvalue weighted by Gasteiger charge is -2.18. The number of ether oxygens (including phenoxy) is 2. The van der Waals surface area contributed by atoms with Gasteiger partial charge in [0.2, 0.25) is 0 Å². The fourth-order valence-electron chi connectivity index (χ4n) is 5.09. The van der Waals surface area contributed by atoms with Crippen LogP contribution in [0.15, 0.2) is 60.8 Å². The maximum absolute atomic E-state index is 12.4. The fraction of sp³-hybridized carbons (Fsp3) is 0.707. The van der Waals surface area contributed by atoms with E-state index >= 15 is 0 Å². The van der Waals surface area contributed by atoms with E-state index in [4.69, 9.17) is 19.3 Å². The number of aliphatic hydroxyl groups excluding tert-OH is 1. The van der Waals surface area contributed by atoms with Crippen LogP contribution in [0.3, 0.4) is 0 Å². The molecule has 0 aliphatic rings. The first-order valence-electron chi connectivity index (χ1n) is 19.7. The third-order valence-electron chi connectivity index (χ3n) is 8.09. The number of carbonyl (C=O) groups excluding carboxylic acids is 2. The molecular weight excluding hydrogens is 667 g/mol. The lowest BCUT2D eigenvalue weighted by atomic mass is 10.1. The summed E-state index contributed by atoms with van der Waals surface area (Å²) in [5.74, 6) is -1.00. The molecule has 10 heteroatoms. The Morgan fingerprint density at radius 1 is 0.608 bits per heavy atom. The summed E-state index contributed by atoms with van der Waals surface area (Å²) in [4.78, 5) is 42.7. The van der Waals surface area contributed by atoms with E-state index in [1.165, 1.54) is 70.6 Å². The quantitative estimate of drug-likeness (QED) is 0.0190. The molecule has 0 aromatic carbocycles. The summed E-state index contributed by atoms with van der Waals surface area (Å²) in [6, 6.07) is 0. The molecule has 0 saturated carbocycles. The number of carbonyl (C=O) groups is 2. The van der Waals surface area contributed by atoms with Gasteiger partial charge in [0.15, 0.2) is 6.10 Å². The third-order valence-corrected chi connectivity index (χ3v) is 8.57. The molecule has 2 atom stereocenters. The number of aliphatic hydroxyl groups is 1. The topological polar surface area (TPSA) is 140 Å². The highest BCUT2D eigenvalue weighted by Gasteiger charge is 2.22. The van der Waals surface area contributed by atoms with Crippen LogP contribution in [0.25, 0.3) is 0 Å². The van der Waals surface area contributed by atoms with Crippen LogP contribution in [-0.4, -0.2) is 52.3 Å². The summed E-state index contributed by atoms with van der Waals surface area (Å²) in [5, 5.41) is 10.0. The smallest absolute Gasteiger partial charge is 0.462 e. The predicted octanol–water partition coefficient (Wildman–Crippen LogP) is 10.7. The minimum absolute atomic E-state index is 0.154. The summed E-state index contributed by atoms with van der Waals surface area (Å²) < 4.78 is 26.2. The van der Waals surface area contributed by atoms with Crippen LogP contribution >= 0.6 is 7.82 Å². The molecule has 3 N–H and O–H groups in total. The molecule has 0 aromatic heterocycles. The number of phosphoric acid groups is 1. The summed E-state index contributed by atoms with van der Waals surface area (Å²) in [6.07, 6.45) is 41.1. The Bertz CT molecular complexity index is 1030. The summed E-state index contributed by atoms with van der Waals surface area (Å²) in [5.41, 5.74) is 0. The highest BCUT2D eigenvalue weighted by molar-refractivity contribution is 7.46. The van der Waals surface area contributed by atoms with Crippen molar-refractivity contribution in [1.82, 2.24) is 0 Å². The molecule has 0 aromatic rings. The molecule has 0 saturated heterocycles. The van der Waals surface area contributed by atoms with Crippen molar-refractivity contribution < 1.29 is 43.0 Å². The molecule has 0 aliphatic carbocycles. The van der Waals surface area contributed by atoms with Gasteiger partial charge >= 0.3 is 19.8 Å². The van der Waals surface area contributed by atoms with Crippen molar-refractivity contribution in [1.29, 1.82) is 0 Å². The van der Waals surface area contributed by atoms with Crippen LogP contribution in [0.4, 0.5) is 0 Å². The standard InChI is InChI=1S/C41H71O9P/c1-3-5-7-9-11-12-13-14-15-16-17-18-22-27-31-35-41(44)50-39(37-49-51(45,46)47)36-48-40(43)34-30-26-23-19-21-25-29-33-38(42)32-28-24-20-10-8-6-4-2/h12-13,19-20,23-25,28-29,32,38-39,42H,3-11,14-18,21-22,26-27,30-31,33-37H2,1-2H3,(H2,45,46,47)/b13-12-,23-19+,24-20-,29-25-,32-28-/t38-,39-/m1/s1. The van der Waals surface area contributed by atoms with E-state index in [1.807, 2.05) is 36.5 Å². The molecule has 0 bridgehead atoms. The lowest BCUT2D eigenvalue weighted by molar-refractivity contribution is -0.161. The van der Waals surface area contributed by atoms with Gasteiger partial charge in [-0.15, -0.1) is 0 Å². The predicted molar refractivity (Wildman–Crippen MR) is 208 cm³/mol. The monoisotopic (exact) mass is 738 g/mol. The van der Waals surface area contributed by atoms with E-state index in [-0.39, 0.29) is 19.4 Å². The van der Waals surface area contributed by atoms with Crippen LogP contribution in [0.1, 0.15) is 162 Å². The van der Waals surface area contributed by atoms with Gasteiger partial charge < -0.3 is 24.4 Å². The number of esters is 2. The largest absolute Gasteiger partial charge is 0.469 e. The van der Waals surface area contributed by atoms with Crippen molar-refractivity contribution in [3.63, 3.8) is 0 Å². The lowest BCUT2D eigenvalue weighted by Crippen LogP contribution is -2.29. The van der Waals surface area contributed by atoms with Crippen LogP contribution in [-0.2, 0) is 28.2 Å². The van der Waals surface area contributed by atoms with Crippen molar-refractivity contribution in [2.45, 2.75) is 174 Å². The maximum atomic E-state index is 12.4. The van der Waals surface area contributed by atoms with Crippen molar-refractivity contribution in [2.24, 2.45) is 0 Å². The van der Waals surface area contributed by atoms with Crippen molar-refractivity contribution in [3.05, 3.63) is 60.8 Å². The molecule has 0 aliphatic heterocycles. The zero-order chi connectivity index (χ0) is 37.7. The Morgan fingerprint density at radius 3 is 1.82 bits per heavy atom. The van der Waals surface area contributed by atoms with Gasteiger partial charge in [-0.1, -0.05) is 139 Å². The zero-order valence-corrected chi connectivity index (χ0v) is 32.7. The van der Waals surface area contributed by atoms with Gasteiger partial charge in [0.25, 0.3) is 0 Å². The van der Waals surface area contributed by atoms with Gasteiger partial charge in [0, 0.05) is 12.8 Å². The Morgan fingerprint density at radius 2 is 1.14 bits per heavy atom. The summed E-state index contributed by atoms with van der Waals surface area (Å²) in [7, 11) is -4.78. The first-order valence-corrected chi connectivity index (χ1v) is 21.2. The molecule has 9 nitrogen and oxygen atoms in total. The molecule has 294 valence electrons. The van der Waals surface area contributed by atoms with Gasteiger partial charge in [0.1, 0.15) is 6.61 Å². The van der Waals surface area contributed by atoms with Crippen molar-refractivity contribution in [2.75, 3.05) is 13.2 Å². The minimum atomic E-state index is -4.78. The van der Waals surface area contributed by atoms with Crippen molar-refractivity contribution >= 4 is 19.8 Å². The van der Waals surface area contributed by atoms with E-state index in [1.54, 1.807) is 6.08 Å². The van der Waals surface area contributed by atoms with Crippen LogP contribution in [0, 0.1) is 0 Å². The number of hydrogen-bond donors (Lipinski definition) is 3. The molecule has 0 radical (unpaired) electrons. The number of rotatable bonds is 35. The average Bonchev–Trinajstić information content (AvgIpc) is 3.09. The van der Waals surface area contributed by atoms with Crippen LogP contribution in [0.2, 0.25) is 0 Å². The van der Waals surface area contributed by atoms with Crippen LogP contribution < -0.4 is 0 Å². The number of unbranched alkanes of at least 4 members (excludes halogenated alkanes) is 15. The van der Waals surface area contributed by atoms with E-state index in [2.05, 4.69) is 36.6 Å². The van der Waals surface area contributed by atoms with Gasteiger partial charge in [-0.3, -0.25) is 14.1 Å². The normalized spacial score (nSPS) is 13.7. The Kier molecular flexibility index (Phi) is 34.5. The van der Waals surface area contributed by atoms with Gasteiger partial charge in [0.05, 0.1) is 12.7 Å². The molecule has 0 fully saturated rings. The van der Waals surface area contributed by atoms with Crippen molar-refractivity contribution in [3.8, 4) is 0 Å². The molecule has 0 heterocycles. The summed E-state index contributed by atoms with van der Waals surface area (Å²) in [6.45, 7) is 3.50. The Labute approximate surface area is 309 Å². The molecule has 0 unspecified atom stereocenters. The first-order chi connectivity index (χ1) is 24.7. The van der Waals surface area contributed by atoms with Crippen LogP contribution in [0.5, 0.6) is 0 Å². The minimum Gasteiger partial charge on any atom is -0.462 e. The second-order valence-corrected chi connectivity index (χ2v) is 14.3. The SMILES string of the molecule is CCCCC/C=C\C=C/[C@@H](O)C/C=C\C/C=C/CCCC(=O)OC[C@H](COP(=O)(O)O)OC(=O)CCCCCCCCC/C=C\CCCCCC. The maximum Gasteiger partial charge on any atom is 0.469 e. The highest BCUT2D eigenvalue weighted by atomic mass is 31.2. The van der Waals surface area contributed by atoms with E-state index < -0.39 is 38.6 Å². The van der Waals surface area contributed by atoms with E-state index in [0.717, 1.165) is 38.5 Å². The average molecular weight is 739 g/mol. The molecule has 0 spiro atoms. The second-order valence-electron chi connectivity index (χ2n) is 13.1. The number of allylic oxidation sites excluding steroid dienone is 8.